The highest BCUT2D eigenvalue weighted by atomic mass is 16.5. The normalized spacial score (nSPS) is 22.3. The minimum atomic E-state index is -0.797. The lowest BCUT2D eigenvalue weighted by molar-refractivity contribution is -0.139. The zero-order valence-corrected chi connectivity index (χ0v) is 18.7. The van der Waals surface area contributed by atoms with Gasteiger partial charge in [-0.2, -0.15) is 0 Å². The highest BCUT2D eigenvalue weighted by Crippen LogP contribution is 2.31. The summed E-state index contributed by atoms with van der Waals surface area (Å²) in [5, 5.41) is 12.3. The minimum absolute atomic E-state index is 0.0464. The van der Waals surface area contributed by atoms with Crippen molar-refractivity contribution in [3.63, 3.8) is 0 Å². The fraction of sp³-hybridized carbons (Fsp3) is 0.609. The molecule has 2 saturated heterocycles. The van der Waals surface area contributed by atoms with Crippen LogP contribution in [-0.2, 0) is 9.59 Å². The number of primary amides is 1. The summed E-state index contributed by atoms with van der Waals surface area (Å²) >= 11 is 0. The van der Waals surface area contributed by atoms with Gasteiger partial charge in [0.2, 0.25) is 5.91 Å². The zero-order chi connectivity index (χ0) is 23.1. The van der Waals surface area contributed by atoms with Crippen LogP contribution >= 0.6 is 0 Å². The predicted octanol–water partition coefficient (Wildman–Crippen LogP) is 2.23. The Morgan fingerprint density at radius 2 is 1.84 bits per heavy atom. The monoisotopic (exact) mass is 446 g/mol. The third kappa shape index (κ3) is 6.35. The van der Waals surface area contributed by atoms with Gasteiger partial charge in [-0.25, -0.2) is 4.79 Å². The second kappa shape index (κ2) is 11.2. The van der Waals surface area contributed by atoms with Gasteiger partial charge in [-0.05, 0) is 69.3 Å². The molecule has 9 nitrogen and oxygen atoms in total. The van der Waals surface area contributed by atoms with E-state index < -0.39 is 5.97 Å². The smallest absolute Gasteiger partial charge is 0.321 e. The van der Waals surface area contributed by atoms with Crippen LogP contribution in [0.3, 0.4) is 0 Å². The van der Waals surface area contributed by atoms with E-state index >= 15 is 0 Å². The van der Waals surface area contributed by atoms with Gasteiger partial charge in [-0.1, -0.05) is 12.1 Å². The maximum atomic E-state index is 12.9. The average Bonchev–Trinajstić information content (AvgIpc) is 2.78. The Morgan fingerprint density at radius 3 is 2.50 bits per heavy atom. The molecule has 2 aliphatic rings. The molecule has 2 heterocycles. The van der Waals surface area contributed by atoms with Gasteiger partial charge in [-0.15, -0.1) is 0 Å². The number of carboxylic acids is 1. The van der Waals surface area contributed by atoms with Crippen molar-refractivity contribution in [2.24, 2.45) is 23.5 Å². The van der Waals surface area contributed by atoms with Crippen molar-refractivity contribution in [3.8, 4) is 5.75 Å². The van der Waals surface area contributed by atoms with Gasteiger partial charge in [0.25, 0.3) is 0 Å². The van der Waals surface area contributed by atoms with Gasteiger partial charge >= 0.3 is 12.0 Å². The van der Waals surface area contributed by atoms with E-state index in [1.165, 1.54) is 0 Å². The molecule has 0 saturated carbocycles. The van der Waals surface area contributed by atoms with Crippen LogP contribution in [0.2, 0.25) is 0 Å². The number of amides is 3. The lowest BCUT2D eigenvalue weighted by Gasteiger charge is -2.39. The molecule has 2 unspecified atom stereocenters. The molecule has 0 bridgehead atoms. The van der Waals surface area contributed by atoms with Crippen LogP contribution in [0.25, 0.3) is 0 Å². The molecule has 2 aliphatic heterocycles. The van der Waals surface area contributed by atoms with Crippen LogP contribution in [0.15, 0.2) is 24.3 Å². The Morgan fingerprint density at radius 1 is 1.12 bits per heavy atom. The fourth-order valence-corrected chi connectivity index (χ4v) is 4.82. The Labute approximate surface area is 188 Å². The van der Waals surface area contributed by atoms with E-state index in [0.29, 0.717) is 30.9 Å². The van der Waals surface area contributed by atoms with Gasteiger partial charge in [-0.3, -0.25) is 9.59 Å². The molecule has 2 atom stereocenters. The number of nitrogens with two attached hydrogens (primary N) is 1. The van der Waals surface area contributed by atoms with Gasteiger partial charge < -0.3 is 30.7 Å². The summed E-state index contributed by atoms with van der Waals surface area (Å²) in [5.41, 5.74) is 6.03. The van der Waals surface area contributed by atoms with Crippen LogP contribution in [0.4, 0.5) is 10.5 Å². The van der Waals surface area contributed by atoms with E-state index in [1.807, 2.05) is 12.1 Å². The van der Waals surface area contributed by atoms with Crippen molar-refractivity contribution in [3.05, 3.63) is 24.3 Å². The van der Waals surface area contributed by atoms with E-state index in [0.717, 1.165) is 38.9 Å². The van der Waals surface area contributed by atoms with Gasteiger partial charge in [0.1, 0.15) is 5.75 Å². The molecule has 4 N–H and O–H groups in total. The largest absolute Gasteiger partial charge is 0.495 e. The first-order valence-corrected chi connectivity index (χ1v) is 11.3. The maximum Gasteiger partial charge on any atom is 0.321 e. The molecule has 32 heavy (non-hydrogen) atoms. The van der Waals surface area contributed by atoms with Gasteiger partial charge in [0, 0.05) is 25.4 Å². The summed E-state index contributed by atoms with van der Waals surface area (Å²) in [6.45, 7) is 3.52. The molecule has 0 aliphatic carbocycles. The van der Waals surface area contributed by atoms with Crippen molar-refractivity contribution < 1.29 is 24.2 Å². The van der Waals surface area contributed by atoms with Crippen molar-refractivity contribution in [1.82, 2.24) is 9.80 Å². The van der Waals surface area contributed by atoms with Crippen molar-refractivity contribution in [1.29, 1.82) is 0 Å². The summed E-state index contributed by atoms with van der Waals surface area (Å²) in [7, 11) is 1.56. The van der Waals surface area contributed by atoms with Gasteiger partial charge in [0.15, 0.2) is 0 Å². The summed E-state index contributed by atoms with van der Waals surface area (Å²) in [5.74, 6) is -0.320. The highest BCUT2D eigenvalue weighted by Gasteiger charge is 2.33. The Kier molecular flexibility index (Phi) is 8.33. The lowest BCUT2D eigenvalue weighted by Crippen LogP contribution is -2.47. The number of hydrogen-bond acceptors (Lipinski definition) is 5. The number of hydrogen-bond donors (Lipinski definition) is 3. The molecule has 176 valence electrons. The Bertz CT molecular complexity index is 809. The number of aliphatic carboxylic acids is 1. The first-order chi connectivity index (χ1) is 15.4. The van der Waals surface area contributed by atoms with E-state index in [-0.39, 0.29) is 36.1 Å². The molecule has 3 rings (SSSR count). The number of methoxy groups -OCH3 is 1. The second-order valence-electron chi connectivity index (χ2n) is 8.79. The summed E-state index contributed by atoms with van der Waals surface area (Å²) < 4.78 is 5.31. The lowest BCUT2D eigenvalue weighted by atomic mass is 9.81. The van der Waals surface area contributed by atoms with Crippen molar-refractivity contribution in [2.75, 3.05) is 45.2 Å². The van der Waals surface area contributed by atoms with Crippen LogP contribution < -0.4 is 15.8 Å². The number of piperidine rings is 2. The van der Waals surface area contributed by atoms with Crippen LogP contribution in [0, 0.1) is 17.8 Å². The molecule has 1 aromatic rings. The number of benzene rings is 1. The average molecular weight is 447 g/mol. The molecule has 1 aromatic carbocycles. The Balaban J connectivity index is 1.58. The molecular weight excluding hydrogens is 412 g/mol. The number of nitrogens with one attached hydrogen (secondary N) is 1. The molecule has 0 radical (unpaired) electrons. The van der Waals surface area contributed by atoms with E-state index in [1.54, 1.807) is 24.1 Å². The third-order valence-corrected chi connectivity index (χ3v) is 6.77. The van der Waals surface area contributed by atoms with E-state index in [2.05, 4.69) is 10.2 Å². The molecule has 9 heteroatoms. The first kappa shape index (κ1) is 23.8. The summed E-state index contributed by atoms with van der Waals surface area (Å²) in [6.07, 6.45) is 3.14. The minimum Gasteiger partial charge on any atom is -0.495 e. The number of carbonyl (C=O) groups excluding carboxylic acids is 2. The number of para-hydroxylation sites is 2. The van der Waals surface area contributed by atoms with Crippen LogP contribution in [0.1, 0.15) is 32.1 Å². The zero-order valence-electron chi connectivity index (χ0n) is 18.7. The number of nitrogens with zero attached hydrogens (tertiary/aromatic N) is 2. The van der Waals surface area contributed by atoms with Crippen LogP contribution in [0.5, 0.6) is 5.75 Å². The molecule has 0 aromatic heterocycles. The van der Waals surface area contributed by atoms with Crippen molar-refractivity contribution in [2.45, 2.75) is 32.1 Å². The van der Waals surface area contributed by atoms with E-state index in [9.17, 15) is 19.5 Å². The quantitative estimate of drug-likeness (QED) is 0.562. The third-order valence-electron chi connectivity index (χ3n) is 6.77. The number of urea groups is 1. The molecule has 2 fully saturated rings. The second-order valence-corrected chi connectivity index (χ2v) is 8.79. The summed E-state index contributed by atoms with van der Waals surface area (Å²) in [4.78, 5) is 39.8. The standard InChI is InChI=1S/C23H34N4O5/c1-32-20-5-3-2-4-19(20)25-23(31)27-13-9-17(14-21(28)29)18(15-27)8-12-26-10-6-16(7-11-26)22(24)30/h2-5,16-18H,6-15H2,1H3,(H2,24,30)(H,25,31)(H,28,29). The summed E-state index contributed by atoms with van der Waals surface area (Å²) in [6, 6.07) is 7.06. The Hall–Kier alpha value is -2.81. The first-order valence-electron chi connectivity index (χ1n) is 11.3. The number of anilines is 1. The van der Waals surface area contributed by atoms with E-state index in [4.69, 9.17) is 10.5 Å². The fourth-order valence-electron chi connectivity index (χ4n) is 4.82. The molecule has 0 spiro atoms. The number of likely N-dealkylation sites (tertiary alicyclic amines) is 2. The maximum absolute atomic E-state index is 12.9. The predicted molar refractivity (Wildman–Crippen MR) is 120 cm³/mol. The number of ether oxygens (including phenoxy) is 1. The van der Waals surface area contributed by atoms with Gasteiger partial charge in [0.05, 0.1) is 12.8 Å². The van der Waals surface area contributed by atoms with Crippen LogP contribution in [-0.4, -0.2) is 72.6 Å². The van der Waals surface area contributed by atoms with Crippen molar-refractivity contribution >= 4 is 23.6 Å². The number of rotatable bonds is 8. The molecule has 3 amide bonds. The number of carboxylic acid groups (broad SMARTS) is 1. The molecular formula is C23H34N4O5. The highest BCUT2D eigenvalue weighted by molar-refractivity contribution is 5.91. The topological polar surface area (TPSA) is 125 Å². The SMILES string of the molecule is COc1ccccc1NC(=O)N1CCC(CC(=O)O)C(CCN2CCC(C(N)=O)CC2)C1. The number of carbonyl (C=O) groups is 3.